The van der Waals surface area contributed by atoms with Gasteiger partial charge in [0.15, 0.2) is 0 Å². The fourth-order valence-corrected chi connectivity index (χ4v) is 6.59. The molecule has 0 spiro atoms. The Morgan fingerprint density at radius 3 is 2.48 bits per heavy atom. The summed E-state index contributed by atoms with van der Waals surface area (Å²) in [7, 11) is 3.21. The predicted octanol–water partition coefficient (Wildman–Crippen LogP) is 6.47. The van der Waals surface area contributed by atoms with Gasteiger partial charge in [-0.05, 0) is 48.0 Å². The van der Waals surface area contributed by atoms with Gasteiger partial charge in [0.2, 0.25) is 11.8 Å². The number of amides is 2. The largest absolute Gasteiger partial charge is 0.497 e. The van der Waals surface area contributed by atoms with Crippen LogP contribution in [0.5, 0.6) is 11.5 Å². The zero-order valence-electron chi connectivity index (χ0n) is 25.2. The van der Waals surface area contributed by atoms with Crippen molar-refractivity contribution in [2.24, 2.45) is 0 Å². The molecule has 1 aliphatic rings. The van der Waals surface area contributed by atoms with Crippen LogP contribution in [0.3, 0.4) is 0 Å². The standard InChI is InChI=1S/C33H34ClFN4O4S/c1-33(2,3)31-29-30(23-16-22(42-4)14-15-26(23)43-5)44-19-28(41)38(18-27(40)36-17-20-10-12-21(35)13-11-20)32(29)39(37-31)25-9-7-6-8-24(25)34/h6-16,30H,17-19H2,1-5H3,(H,36,40). The predicted molar refractivity (Wildman–Crippen MR) is 172 cm³/mol. The van der Waals surface area contributed by atoms with E-state index in [2.05, 4.69) is 26.1 Å². The summed E-state index contributed by atoms with van der Waals surface area (Å²) in [5.74, 6) is 0.849. The lowest BCUT2D eigenvalue weighted by atomic mass is 9.87. The van der Waals surface area contributed by atoms with Crippen LogP contribution in [-0.4, -0.2) is 48.1 Å². The highest BCUT2D eigenvalue weighted by Crippen LogP contribution is 2.51. The van der Waals surface area contributed by atoms with Crippen LogP contribution < -0.4 is 19.7 Å². The molecule has 230 valence electrons. The third-order valence-electron chi connectivity index (χ3n) is 7.30. The van der Waals surface area contributed by atoms with Gasteiger partial charge in [0.05, 0.1) is 41.6 Å². The van der Waals surface area contributed by atoms with E-state index in [9.17, 15) is 14.0 Å². The number of hydrogen-bond donors (Lipinski definition) is 1. The maximum Gasteiger partial charge on any atom is 0.240 e. The molecule has 0 saturated carbocycles. The Bertz CT molecular complexity index is 1690. The molecule has 44 heavy (non-hydrogen) atoms. The third-order valence-corrected chi connectivity index (χ3v) is 8.86. The summed E-state index contributed by atoms with van der Waals surface area (Å²) in [6.07, 6.45) is 0. The van der Waals surface area contributed by atoms with Gasteiger partial charge in [-0.25, -0.2) is 9.07 Å². The molecule has 1 N–H and O–H groups in total. The van der Waals surface area contributed by atoms with Gasteiger partial charge in [-0.15, -0.1) is 11.8 Å². The van der Waals surface area contributed by atoms with Crippen LogP contribution >= 0.6 is 23.4 Å². The summed E-state index contributed by atoms with van der Waals surface area (Å²) in [4.78, 5) is 28.8. The molecular weight excluding hydrogens is 603 g/mol. The monoisotopic (exact) mass is 636 g/mol. The second kappa shape index (κ2) is 12.9. The average molecular weight is 637 g/mol. The minimum Gasteiger partial charge on any atom is -0.497 e. The Hall–Kier alpha value is -4.02. The molecule has 2 heterocycles. The van der Waals surface area contributed by atoms with E-state index in [1.807, 2.05) is 36.4 Å². The number of hydrogen-bond acceptors (Lipinski definition) is 6. The summed E-state index contributed by atoms with van der Waals surface area (Å²) >= 11 is 8.15. The first-order valence-corrected chi connectivity index (χ1v) is 15.5. The number of nitrogens with zero attached hydrogens (tertiary/aromatic N) is 3. The Kier molecular flexibility index (Phi) is 9.22. The first-order chi connectivity index (χ1) is 21.0. The summed E-state index contributed by atoms with van der Waals surface area (Å²) in [6.45, 7) is 6.11. The molecule has 1 aliphatic heterocycles. The van der Waals surface area contributed by atoms with Crippen molar-refractivity contribution in [2.75, 3.05) is 31.4 Å². The SMILES string of the molecule is COc1ccc(OC)c(C2SCC(=O)N(CC(=O)NCc3ccc(F)cc3)c3c2c(C(C)(C)C)nn3-c2ccccc2Cl)c1. The first-order valence-electron chi connectivity index (χ1n) is 14.0. The molecule has 0 bridgehead atoms. The van der Waals surface area contributed by atoms with E-state index < -0.39 is 10.7 Å². The number of fused-ring (bicyclic) bond motifs is 1. The highest BCUT2D eigenvalue weighted by molar-refractivity contribution is 8.00. The Morgan fingerprint density at radius 2 is 1.82 bits per heavy atom. The maximum atomic E-state index is 14.0. The van der Waals surface area contributed by atoms with E-state index in [0.29, 0.717) is 28.0 Å². The Morgan fingerprint density at radius 1 is 1.09 bits per heavy atom. The van der Waals surface area contributed by atoms with E-state index in [-0.39, 0.29) is 36.5 Å². The van der Waals surface area contributed by atoms with E-state index in [0.717, 1.165) is 22.4 Å². The van der Waals surface area contributed by atoms with Gasteiger partial charge in [0.25, 0.3) is 0 Å². The topological polar surface area (TPSA) is 85.7 Å². The normalized spacial score (nSPS) is 15.0. The molecule has 0 radical (unpaired) electrons. The molecule has 0 saturated heterocycles. The van der Waals surface area contributed by atoms with Crippen molar-refractivity contribution < 1.29 is 23.5 Å². The van der Waals surface area contributed by atoms with Crippen LogP contribution in [0.1, 0.15) is 48.4 Å². The van der Waals surface area contributed by atoms with Gasteiger partial charge in [-0.2, -0.15) is 5.10 Å². The smallest absolute Gasteiger partial charge is 0.240 e. The van der Waals surface area contributed by atoms with Crippen molar-refractivity contribution in [2.45, 2.75) is 38.0 Å². The number of ether oxygens (including phenoxy) is 2. The molecule has 11 heteroatoms. The average Bonchev–Trinajstić information content (AvgIpc) is 3.34. The molecular formula is C33H34ClFN4O4S. The van der Waals surface area contributed by atoms with E-state index >= 15 is 0 Å². The number of benzene rings is 3. The highest BCUT2D eigenvalue weighted by Gasteiger charge is 2.41. The number of thioether (sulfide) groups is 1. The zero-order valence-corrected chi connectivity index (χ0v) is 26.8. The summed E-state index contributed by atoms with van der Waals surface area (Å²) in [6, 6.07) is 18.7. The lowest BCUT2D eigenvalue weighted by molar-refractivity contribution is -0.123. The Labute approximate surface area is 265 Å². The first kappa shape index (κ1) is 31.4. The lowest BCUT2D eigenvalue weighted by Crippen LogP contribution is -2.42. The number of anilines is 1. The van der Waals surface area contributed by atoms with Crippen LogP contribution in [0.15, 0.2) is 66.7 Å². The molecule has 8 nitrogen and oxygen atoms in total. The van der Waals surface area contributed by atoms with Gasteiger partial charge in [-0.3, -0.25) is 14.5 Å². The summed E-state index contributed by atoms with van der Waals surface area (Å²) < 4.78 is 26.4. The second-order valence-electron chi connectivity index (χ2n) is 11.4. The number of aromatic nitrogens is 2. The van der Waals surface area contributed by atoms with Gasteiger partial charge >= 0.3 is 0 Å². The van der Waals surface area contributed by atoms with Crippen molar-refractivity contribution >= 4 is 41.0 Å². The molecule has 1 atom stereocenters. The maximum absolute atomic E-state index is 14.0. The van der Waals surface area contributed by atoms with E-state index in [4.69, 9.17) is 26.2 Å². The summed E-state index contributed by atoms with van der Waals surface area (Å²) in [5.41, 5.74) is 3.21. The molecule has 0 aliphatic carbocycles. The van der Waals surface area contributed by atoms with E-state index in [1.54, 1.807) is 37.1 Å². The number of methoxy groups -OCH3 is 2. The molecule has 1 aromatic heterocycles. The number of carbonyl (C=O) groups excluding carboxylic acids is 2. The molecule has 3 aromatic carbocycles. The minimum atomic E-state index is -0.453. The number of halogens is 2. The van der Waals surface area contributed by atoms with Gasteiger partial charge in [-0.1, -0.05) is 56.6 Å². The second-order valence-corrected chi connectivity index (χ2v) is 12.9. The third kappa shape index (κ3) is 6.42. The fourth-order valence-electron chi connectivity index (χ4n) is 5.16. The van der Waals surface area contributed by atoms with Crippen molar-refractivity contribution in [3.05, 3.63) is 100.0 Å². The molecule has 2 amide bonds. The number of para-hydroxylation sites is 1. The van der Waals surface area contributed by atoms with Crippen LogP contribution in [0, 0.1) is 5.82 Å². The van der Waals surface area contributed by atoms with Crippen molar-refractivity contribution in [3.63, 3.8) is 0 Å². The quantitative estimate of drug-likeness (QED) is 0.239. The van der Waals surface area contributed by atoms with Gasteiger partial charge in [0.1, 0.15) is 29.7 Å². The lowest BCUT2D eigenvalue weighted by Gasteiger charge is -2.25. The van der Waals surface area contributed by atoms with Crippen LogP contribution in [0.4, 0.5) is 10.2 Å². The molecule has 0 fully saturated rings. The zero-order chi connectivity index (χ0) is 31.6. The van der Waals surface area contributed by atoms with Gasteiger partial charge in [0, 0.05) is 23.1 Å². The van der Waals surface area contributed by atoms with Crippen molar-refractivity contribution in [3.8, 4) is 17.2 Å². The number of rotatable bonds is 8. The van der Waals surface area contributed by atoms with Crippen molar-refractivity contribution in [1.29, 1.82) is 0 Å². The van der Waals surface area contributed by atoms with Crippen LogP contribution in [-0.2, 0) is 21.5 Å². The van der Waals surface area contributed by atoms with E-state index in [1.165, 1.54) is 28.8 Å². The summed E-state index contributed by atoms with van der Waals surface area (Å²) in [5, 5.41) is 8.01. The highest BCUT2D eigenvalue weighted by atomic mass is 35.5. The minimum absolute atomic E-state index is 0.0943. The Balaban J connectivity index is 1.69. The fraction of sp³-hybridized carbons (Fsp3) is 0.303. The molecule has 4 aromatic rings. The molecule has 5 rings (SSSR count). The van der Waals surface area contributed by atoms with Crippen LogP contribution in [0.25, 0.3) is 5.69 Å². The molecule has 1 unspecified atom stereocenters. The number of carbonyl (C=O) groups is 2. The number of nitrogens with one attached hydrogen (secondary N) is 1. The van der Waals surface area contributed by atoms with Gasteiger partial charge < -0.3 is 14.8 Å². The van der Waals surface area contributed by atoms with Crippen LogP contribution in [0.2, 0.25) is 5.02 Å². The van der Waals surface area contributed by atoms with Crippen molar-refractivity contribution in [1.82, 2.24) is 15.1 Å².